The van der Waals surface area contributed by atoms with Crippen molar-refractivity contribution in [3.05, 3.63) is 0 Å². The van der Waals surface area contributed by atoms with Crippen LogP contribution < -0.4 is 0 Å². The van der Waals surface area contributed by atoms with Gasteiger partial charge < -0.3 is 14.7 Å². The Hall–Kier alpha value is -0.320. The first-order valence-electron chi connectivity index (χ1n) is 3.66. The molecule has 4 nitrogen and oxygen atoms in total. The van der Waals surface area contributed by atoms with E-state index in [-0.39, 0.29) is 18.5 Å². The second kappa shape index (κ2) is 4.64. The topological polar surface area (TPSA) is 49.8 Å². The second-order valence-electron chi connectivity index (χ2n) is 2.99. The number of nitrogens with zero attached hydrogens (tertiary/aromatic N) is 1. The Labute approximate surface area is 77.9 Å². The molecule has 0 spiro atoms. The van der Waals surface area contributed by atoms with Crippen LogP contribution in [0, 0.1) is 0 Å². The molecule has 1 rings (SSSR count). The monoisotopic (exact) mass is 195 g/mol. The van der Waals surface area contributed by atoms with Crippen LogP contribution >= 0.6 is 12.4 Å². The summed E-state index contributed by atoms with van der Waals surface area (Å²) in [7, 11) is 1.90. The van der Waals surface area contributed by atoms with Crippen LogP contribution in [-0.2, 0) is 9.53 Å². The maximum Gasteiger partial charge on any atom is 0.334 e. The predicted octanol–water partition coefficient (Wildman–Crippen LogP) is 0.212. The summed E-state index contributed by atoms with van der Waals surface area (Å²) in [5, 5.41) is 8.62. The molecule has 1 N–H and O–H groups in total. The summed E-state index contributed by atoms with van der Waals surface area (Å²) in [5.41, 5.74) is 0. The molecular formula is C7H14ClNO3. The molecule has 1 fully saturated rings. The number of likely N-dealkylation sites (N-methyl/N-ethyl adjacent to an activating group) is 1. The van der Waals surface area contributed by atoms with E-state index in [9.17, 15) is 4.79 Å². The van der Waals surface area contributed by atoms with Crippen molar-refractivity contribution in [2.24, 2.45) is 0 Å². The van der Waals surface area contributed by atoms with Gasteiger partial charge in [-0.25, -0.2) is 4.79 Å². The third kappa shape index (κ3) is 2.97. The van der Waals surface area contributed by atoms with Crippen LogP contribution in [0.1, 0.15) is 6.92 Å². The molecule has 1 heterocycles. The molecule has 0 bridgehead atoms. The van der Waals surface area contributed by atoms with Crippen molar-refractivity contribution in [2.75, 3.05) is 20.1 Å². The van der Waals surface area contributed by atoms with Crippen LogP contribution in [0.3, 0.4) is 0 Å². The van der Waals surface area contributed by atoms with Crippen LogP contribution in [0.4, 0.5) is 0 Å². The second-order valence-corrected chi connectivity index (χ2v) is 2.99. The van der Waals surface area contributed by atoms with E-state index < -0.39 is 12.1 Å². The zero-order valence-corrected chi connectivity index (χ0v) is 8.00. The Morgan fingerprint density at radius 3 is 2.58 bits per heavy atom. The van der Waals surface area contributed by atoms with Crippen LogP contribution in [-0.4, -0.2) is 48.3 Å². The molecular weight excluding hydrogens is 182 g/mol. The third-order valence-electron chi connectivity index (χ3n) is 1.72. The highest BCUT2D eigenvalue weighted by molar-refractivity contribution is 5.85. The highest BCUT2D eigenvalue weighted by Crippen LogP contribution is 2.08. The molecule has 0 radical (unpaired) electrons. The molecule has 1 aliphatic heterocycles. The largest absolute Gasteiger partial charge is 0.479 e. The van der Waals surface area contributed by atoms with Gasteiger partial charge in [0.15, 0.2) is 6.10 Å². The lowest BCUT2D eigenvalue weighted by Gasteiger charge is -2.32. The fourth-order valence-corrected chi connectivity index (χ4v) is 1.30. The molecule has 5 heteroatoms. The van der Waals surface area contributed by atoms with Gasteiger partial charge in [0.05, 0.1) is 6.10 Å². The smallest absolute Gasteiger partial charge is 0.334 e. The lowest BCUT2D eigenvalue weighted by molar-refractivity contribution is -0.161. The van der Waals surface area contributed by atoms with E-state index in [1.807, 2.05) is 18.9 Å². The van der Waals surface area contributed by atoms with Crippen molar-refractivity contribution in [3.8, 4) is 0 Å². The zero-order valence-electron chi connectivity index (χ0n) is 7.19. The number of halogens is 1. The van der Waals surface area contributed by atoms with E-state index in [0.29, 0.717) is 6.54 Å². The number of rotatable bonds is 1. The van der Waals surface area contributed by atoms with Gasteiger partial charge in [-0.2, -0.15) is 0 Å². The molecule has 12 heavy (non-hydrogen) atoms. The maximum atomic E-state index is 10.5. The Morgan fingerprint density at radius 1 is 1.58 bits per heavy atom. The van der Waals surface area contributed by atoms with Crippen molar-refractivity contribution in [1.29, 1.82) is 0 Å². The summed E-state index contributed by atoms with van der Waals surface area (Å²) >= 11 is 0. The molecule has 0 amide bonds. The fourth-order valence-electron chi connectivity index (χ4n) is 1.30. The summed E-state index contributed by atoms with van der Waals surface area (Å²) in [6, 6.07) is 0. The molecule has 0 aromatic rings. The summed E-state index contributed by atoms with van der Waals surface area (Å²) in [6.45, 7) is 3.18. The number of morpholine rings is 1. The average Bonchev–Trinajstić information content (AvgIpc) is 1.85. The van der Waals surface area contributed by atoms with Gasteiger partial charge in [-0.15, -0.1) is 12.4 Å². The Balaban J connectivity index is 0.00000121. The van der Waals surface area contributed by atoms with E-state index >= 15 is 0 Å². The first-order chi connectivity index (χ1) is 5.09. The highest BCUT2D eigenvalue weighted by Gasteiger charge is 2.27. The number of aliphatic carboxylic acids is 1. The first kappa shape index (κ1) is 11.7. The van der Waals surface area contributed by atoms with Crippen molar-refractivity contribution >= 4 is 18.4 Å². The summed E-state index contributed by atoms with van der Waals surface area (Å²) in [5.74, 6) is -0.872. The van der Waals surface area contributed by atoms with Crippen molar-refractivity contribution in [2.45, 2.75) is 19.1 Å². The molecule has 0 aromatic heterocycles. The highest BCUT2D eigenvalue weighted by atomic mass is 35.5. The number of hydrogen-bond acceptors (Lipinski definition) is 3. The number of hydrogen-bond donors (Lipinski definition) is 1. The lowest BCUT2D eigenvalue weighted by atomic mass is 10.2. The van der Waals surface area contributed by atoms with Gasteiger partial charge in [0.1, 0.15) is 0 Å². The Bertz CT molecular complexity index is 155. The summed E-state index contributed by atoms with van der Waals surface area (Å²) < 4.78 is 5.18. The number of carboxylic acid groups (broad SMARTS) is 1. The average molecular weight is 196 g/mol. The molecule has 1 aliphatic rings. The van der Waals surface area contributed by atoms with E-state index in [1.165, 1.54) is 0 Å². The van der Waals surface area contributed by atoms with Crippen molar-refractivity contribution < 1.29 is 14.6 Å². The van der Waals surface area contributed by atoms with Crippen LogP contribution in [0.5, 0.6) is 0 Å². The fraction of sp³-hybridized carbons (Fsp3) is 0.857. The standard InChI is InChI=1S/C7H13NO3.ClH/c1-5-3-8(2)4-6(11-5)7(9)10;/h5-6H,3-4H2,1-2H3,(H,9,10);1H/t5-,6-;/m0./s1. The van der Waals surface area contributed by atoms with Gasteiger partial charge in [0.25, 0.3) is 0 Å². The minimum atomic E-state index is -0.872. The van der Waals surface area contributed by atoms with Crippen molar-refractivity contribution in [3.63, 3.8) is 0 Å². The quantitative estimate of drug-likeness (QED) is 0.650. The van der Waals surface area contributed by atoms with E-state index in [1.54, 1.807) is 0 Å². The van der Waals surface area contributed by atoms with E-state index in [0.717, 1.165) is 6.54 Å². The third-order valence-corrected chi connectivity index (χ3v) is 1.72. The molecule has 2 atom stereocenters. The summed E-state index contributed by atoms with van der Waals surface area (Å²) in [6.07, 6.45) is -0.626. The van der Waals surface area contributed by atoms with Gasteiger partial charge >= 0.3 is 5.97 Å². The normalized spacial score (nSPS) is 30.8. The van der Waals surface area contributed by atoms with Gasteiger partial charge in [0, 0.05) is 13.1 Å². The van der Waals surface area contributed by atoms with Crippen LogP contribution in [0.15, 0.2) is 0 Å². The predicted molar refractivity (Wildman–Crippen MR) is 46.7 cm³/mol. The van der Waals surface area contributed by atoms with Crippen LogP contribution in [0.2, 0.25) is 0 Å². The van der Waals surface area contributed by atoms with Crippen molar-refractivity contribution in [1.82, 2.24) is 4.90 Å². The van der Waals surface area contributed by atoms with E-state index in [4.69, 9.17) is 9.84 Å². The van der Waals surface area contributed by atoms with Crippen LogP contribution in [0.25, 0.3) is 0 Å². The Morgan fingerprint density at radius 2 is 2.17 bits per heavy atom. The number of ether oxygens (including phenoxy) is 1. The molecule has 0 unspecified atom stereocenters. The first-order valence-corrected chi connectivity index (χ1v) is 3.66. The molecule has 0 aliphatic carbocycles. The molecule has 1 saturated heterocycles. The minimum absolute atomic E-state index is 0. The van der Waals surface area contributed by atoms with Gasteiger partial charge in [0.2, 0.25) is 0 Å². The molecule has 72 valence electrons. The maximum absolute atomic E-state index is 10.5. The lowest BCUT2D eigenvalue weighted by Crippen LogP contribution is -2.47. The van der Waals surface area contributed by atoms with Gasteiger partial charge in [-0.3, -0.25) is 0 Å². The number of carbonyl (C=O) groups is 1. The molecule has 0 aromatic carbocycles. The SMILES string of the molecule is C[C@H]1CN(C)C[C@@H](C(=O)O)O1.Cl. The van der Waals surface area contributed by atoms with Gasteiger partial charge in [-0.05, 0) is 14.0 Å². The zero-order chi connectivity index (χ0) is 8.43. The molecule has 0 saturated carbocycles. The Kier molecular flexibility index (Phi) is 4.52. The van der Waals surface area contributed by atoms with Gasteiger partial charge in [-0.1, -0.05) is 0 Å². The van der Waals surface area contributed by atoms with E-state index in [2.05, 4.69) is 0 Å². The summed E-state index contributed by atoms with van der Waals surface area (Å²) in [4.78, 5) is 12.5. The number of carboxylic acids is 1. The minimum Gasteiger partial charge on any atom is -0.479 e.